The Labute approximate surface area is 161 Å². The van der Waals surface area contributed by atoms with Crippen LogP contribution in [0.5, 0.6) is 5.75 Å². The first-order chi connectivity index (χ1) is 13.0. The number of hydrogen-bond acceptors (Lipinski definition) is 5. The molecule has 1 amide bonds. The molecule has 1 aliphatic heterocycles. The molecule has 3 rings (SSSR count). The molecule has 1 aliphatic rings. The molecule has 0 atom stereocenters. The molecule has 0 spiro atoms. The highest BCUT2D eigenvalue weighted by Crippen LogP contribution is 2.23. The first-order valence-electron chi connectivity index (χ1n) is 9.35. The van der Waals surface area contributed by atoms with Gasteiger partial charge in [0.2, 0.25) is 0 Å². The van der Waals surface area contributed by atoms with E-state index >= 15 is 0 Å². The van der Waals surface area contributed by atoms with Crippen molar-refractivity contribution in [2.24, 2.45) is 0 Å². The Morgan fingerprint density at radius 2 is 1.78 bits per heavy atom. The van der Waals surface area contributed by atoms with Crippen molar-refractivity contribution in [3.05, 3.63) is 54.1 Å². The minimum atomic E-state index is -0.0750. The molecule has 0 saturated carbocycles. The average Bonchev–Trinajstić information content (AvgIpc) is 2.69. The molecule has 27 heavy (non-hydrogen) atoms. The van der Waals surface area contributed by atoms with Gasteiger partial charge in [-0.05, 0) is 24.3 Å². The third kappa shape index (κ3) is 4.92. The Kier molecular flexibility index (Phi) is 6.19. The van der Waals surface area contributed by atoms with Crippen molar-refractivity contribution in [1.29, 1.82) is 0 Å². The Bertz CT molecular complexity index is 756. The average molecular weight is 368 g/mol. The number of amides is 1. The molecule has 0 radical (unpaired) electrons. The van der Waals surface area contributed by atoms with Gasteiger partial charge in [0.05, 0.1) is 11.3 Å². The molecule has 0 bridgehead atoms. The lowest BCUT2D eigenvalue weighted by atomic mass is 10.1. The Hall–Kier alpha value is -2.73. The van der Waals surface area contributed by atoms with Gasteiger partial charge in [-0.1, -0.05) is 18.2 Å². The molecule has 6 heteroatoms. The monoisotopic (exact) mass is 368 g/mol. The largest absolute Gasteiger partial charge is 0.508 e. The molecule has 0 unspecified atom stereocenters. The summed E-state index contributed by atoms with van der Waals surface area (Å²) in [7, 11) is 3.45. The second kappa shape index (κ2) is 8.77. The van der Waals surface area contributed by atoms with E-state index in [0.717, 1.165) is 39.3 Å². The first-order valence-corrected chi connectivity index (χ1v) is 9.35. The Morgan fingerprint density at radius 1 is 1.07 bits per heavy atom. The summed E-state index contributed by atoms with van der Waals surface area (Å²) in [6.07, 6.45) is 0. The number of phenols is 1. The van der Waals surface area contributed by atoms with Gasteiger partial charge in [-0.15, -0.1) is 0 Å². The van der Waals surface area contributed by atoms with Crippen molar-refractivity contribution >= 4 is 17.3 Å². The van der Waals surface area contributed by atoms with Gasteiger partial charge in [-0.25, -0.2) is 0 Å². The van der Waals surface area contributed by atoms with Crippen LogP contribution >= 0.6 is 0 Å². The van der Waals surface area contributed by atoms with Crippen LogP contribution in [-0.2, 0) is 0 Å². The van der Waals surface area contributed by atoms with E-state index in [-0.39, 0.29) is 11.7 Å². The summed E-state index contributed by atoms with van der Waals surface area (Å²) in [4.78, 5) is 18.7. The van der Waals surface area contributed by atoms with Gasteiger partial charge in [-0.2, -0.15) is 0 Å². The molecule has 2 aromatic rings. The topological polar surface area (TPSA) is 59.1 Å². The van der Waals surface area contributed by atoms with Crippen LogP contribution in [0.4, 0.5) is 11.4 Å². The predicted molar refractivity (Wildman–Crippen MR) is 110 cm³/mol. The molecule has 1 heterocycles. The third-order valence-electron chi connectivity index (χ3n) is 4.88. The van der Waals surface area contributed by atoms with Crippen molar-refractivity contribution in [3.8, 4) is 5.75 Å². The number of rotatable bonds is 6. The summed E-state index contributed by atoms with van der Waals surface area (Å²) in [5.41, 5.74) is 2.53. The summed E-state index contributed by atoms with van der Waals surface area (Å²) in [5, 5.41) is 13.1. The van der Waals surface area contributed by atoms with Gasteiger partial charge in [-0.3, -0.25) is 9.69 Å². The van der Waals surface area contributed by atoms with Gasteiger partial charge < -0.3 is 20.2 Å². The maximum absolute atomic E-state index is 12.3. The standard InChI is InChI=1S/C21H28N4O2/c1-23(2)21(27)19-9-8-18(26)16-20(19)22-10-11-24-12-14-25(15-13-24)17-6-4-3-5-7-17/h3-9,16,22,26H,10-15H2,1-2H3. The second-order valence-corrected chi connectivity index (χ2v) is 7.02. The molecule has 2 N–H and O–H groups in total. The van der Waals surface area contributed by atoms with Crippen molar-refractivity contribution < 1.29 is 9.90 Å². The van der Waals surface area contributed by atoms with Crippen molar-refractivity contribution in [3.63, 3.8) is 0 Å². The van der Waals surface area contributed by atoms with E-state index in [9.17, 15) is 9.90 Å². The summed E-state index contributed by atoms with van der Waals surface area (Å²) in [5.74, 6) is 0.0817. The highest BCUT2D eigenvalue weighted by molar-refractivity contribution is 5.99. The lowest BCUT2D eigenvalue weighted by Gasteiger charge is -2.36. The van der Waals surface area contributed by atoms with E-state index in [1.807, 2.05) is 6.07 Å². The maximum Gasteiger partial charge on any atom is 0.255 e. The molecule has 2 aromatic carbocycles. The quantitative estimate of drug-likeness (QED) is 0.820. The number of aromatic hydroxyl groups is 1. The number of para-hydroxylation sites is 1. The van der Waals surface area contributed by atoms with Gasteiger partial charge in [0.1, 0.15) is 5.75 Å². The molecule has 0 aliphatic carbocycles. The van der Waals surface area contributed by atoms with E-state index in [2.05, 4.69) is 39.4 Å². The van der Waals surface area contributed by atoms with E-state index < -0.39 is 0 Å². The normalized spacial score (nSPS) is 14.8. The van der Waals surface area contributed by atoms with E-state index in [1.54, 1.807) is 37.2 Å². The zero-order chi connectivity index (χ0) is 19.2. The number of carbonyl (C=O) groups excluding carboxylic acids is 1. The van der Waals surface area contributed by atoms with Crippen LogP contribution in [0.25, 0.3) is 0 Å². The fraction of sp³-hybridized carbons (Fsp3) is 0.381. The van der Waals surface area contributed by atoms with Crippen LogP contribution < -0.4 is 10.2 Å². The molecule has 1 saturated heterocycles. The molecule has 144 valence electrons. The van der Waals surface area contributed by atoms with Crippen LogP contribution in [0.1, 0.15) is 10.4 Å². The molecular formula is C21H28N4O2. The van der Waals surface area contributed by atoms with E-state index in [4.69, 9.17) is 0 Å². The zero-order valence-corrected chi connectivity index (χ0v) is 16.1. The van der Waals surface area contributed by atoms with Crippen molar-refractivity contribution in [1.82, 2.24) is 9.80 Å². The first kappa shape index (κ1) is 19.0. The molecule has 1 fully saturated rings. The lowest BCUT2D eigenvalue weighted by molar-refractivity contribution is 0.0828. The highest BCUT2D eigenvalue weighted by Gasteiger charge is 2.17. The number of nitrogens with zero attached hydrogens (tertiary/aromatic N) is 3. The number of piperazine rings is 1. The number of nitrogens with one attached hydrogen (secondary N) is 1. The lowest BCUT2D eigenvalue weighted by Crippen LogP contribution is -2.47. The Morgan fingerprint density at radius 3 is 2.44 bits per heavy atom. The SMILES string of the molecule is CN(C)C(=O)c1ccc(O)cc1NCCN1CCN(c2ccccc2)CC1. The van der Waals surface area contributed by atoms with Crippen LogP contribution in [0, 0.1) is 0 Å². The van der Waals surface area contributed by atoms with E-state index in [1.165, 1.54) is 5.69 Å². The highest BCUT2D eigenvalue weighted by atomic mass is 16.3. The second-order valence-electron chi connectivity index (χ2n) is 7.02. The predicted octanol–water partition coefficient (Wildman–Crippen LogP) is 2.33. The number of hydrogen-bond donors (Lipinski definition) is 2. The fourth-order valence-electron chi connectivity index (χ4n) is 3.32. The van der Waals surface area contributed by atoms with Crippen molar-refractivity contribution in [2.45, 2.75) is 0 Å². The minimum Gasteiger partial charge on any atom is -0.508 e. The fourth-order valence-corrected chi connectivity index (χ4v) is 3.32. The van der Waals surface area contributed by atoms with E-state index in [0.29, 0.717) is 11.3 Å². The maximum atomic E-state index is 12.3. The van der Waals surface area contributed by atoms with Gasteiger partial charge in [0, 0.05) is 65.1 Å². The number of phenolic OH excluding ortho intramolecular Hbond substituents is 1. The molecular weight excluding hydrogens is 340 g/mol. The summed E-state index contributed by atoms with van der Waals surface area (Å²) in [6, 6.07) is 15.3. The minimum absolute atomic E-state index is 0.0750. The Balaban J connectivity index is 1.51. The van der Waals surface area contributed by atoms with Gasteiger partial charge >= 0.3 is 0 Å². The summed E-state index contributed by atoms with van der Waals surface area (Å²) < 4.78 is 0. The molecule has 6 nitrogen and oxygen atoms in total. The van der Waals surface area contributed by atoms with Crippen molar-refractivity contribution in [2.75, 3.05) is 63.6 Å². The van der Waals surface area contributed by atoms with Crippen LogP contribution in [0.3, 0.4) is 0 Å². The van der Waals surface area contributed by atoms with Crippen LogP contribution in [0.15, 0.2) is 48.5 Å². The third-order valence-corrected chi connectivity index (χ3v) is 4.88. The zero-order valence-electron chi connectivity index (χ0n) is 16.1. The van der Waals surface area contributed by atoms with Gasteiger partial charge in [0.15, 0.2) is 0 Å². The van der Waals surface area contributed by atoms with Crippen LogP contribution in [-0.4, -0.2) is 74.2 Å². The number of anilines is 2. The molecule has 0 aromatic heterocycles. The summed E-state index contributed by atoms with van der Waals surface area (Å²) in [6.45, 7) is 5.68. The van der Waals surface area contributed by atoms with Crippen LogP contribution in [0.2, 0.25) is 0 Å². The van der Waals surface area contributed by atoms with Gasteiger partial charge in [0.25, 0.3) is 5.91 Å². The summed E-state index contributed by atoms with van der Waals surface area (Å²) >= 11 is 0. The smallest absolute Gasteiger partial charge is 0.255 e. The number of carbonyl (C=O) groups is 1. The number of benzene rings is 2.